The Morgan fingerprint density at radius 2 is 2.20 bits per heavy atom. The highest BCUT2D eigenvalue weighted by Crippen LogP contribution is 2.31. The van der Waals surface area contributed by atoms with Crippen LogP contribution in [0.4, 0.5) is 0 Å². The maximum Gasteiger partial charge on any atom is 0.310 e. The molecule has 1 aromatic carbocycles. The third-order valence-electron chi connectivity index (χ3n) is 4.04. The van der Waals surface area contributed by atoms with E-state index in [1.54, 1.807) is 14.0 Å². The minimum absolute atomic E-state index is 0.0164. The highest BCUT2D eigenvalue weighted by Gasteiger charge is 2.37. The van der Waals surface area contributed by atoms with Gasteiger partial charge in [-0.3, -0.25) is 4.79 Å². The molecule has 0 fully saturated rings. The second-order valence-electron chi connectivity index (χ2n) is 5.62. The Kier molecular flexibility index (Phi) is 3.70. The van der Waals surface area contributed by atoms with Crippen LogP contribution in [0.1, 0.15) is 26.6 Å². The molecule has 5 heteroatoms. The number of carboxylic acid groups (broad SMARTS) is 1. The number of aromatic amines is 1. The summed E-state index contributed by atoms with van der Waals surface area (Å²) in [4.78, 5) is 19.2. The van der Waals surface area contributed by atoms with Gasteiger partial charge in [0.25, 0.3) is 0 Å². The molecule has 1 unspecified atom stereocenters. The molecular weight excluding hydrogens is 256 g/mol. The number of carboxylic acids is 1. The Morgan fingerprint density at radius 1 is 1.50 bits per heavy atom. The molecule has 1 atom stereocenters. The number of ether oxygens (including phenoxy) is 1. The molecular formula is C15H20N2O3. The normalized spacial score (nSPS) is 14.4. The lowest BCUT2D eigenvalue weighted by Crippen LogP contribution is -2.35. The van der Waals surface area contributed by atoms with Crippen molar-refractivity contribution in [3.8, 4) is 5.75 Å². The molecule has 1 heterocycles. The molecule has 0 aliphatic carbocycles. The van der Waals surface area contributed by atoms with E-state index in [0.29, 0.717) is 12.2 Å². The second kappa shape index (κ2) is 5.15. The molecule has 2 rings (SSSR count). The quantitative estimate of drug-likeness (QED) is 0.880. The zero-order valence-corrected chi connectivity index (χ0v) is 12.2. The predicted molar refractivity (Wildman–Crippen MR) is 76.9 cm³/mol. The molecule has 5 nitrogen and oxygen atoms in total. The lowest BCUT2D eigenvalue weighted by Gasteiger charge is -2.27. The molecule has 108 valence electrons. The monoisotopic (exact) mass is 276 g/mol. The Hall–Kier alpha value is -2.04. The topological polar surface area (TPSA) is 75.2 Å². The average molecular weight is 276 g/mol. The van der Waals surface area contributed by atoms with E-state index >= 15 is 0 Å². The number of aromatic nitrogens is 2. The van der Waals surface area contributed by atoms with Crippen molar-refractivity contribution in [2.75, 3.05) is 7.11 Å². The summed E-state index contributed by atoms with van der Waals surface area (Å²) in [5, 5.41) is 9.46. The Labute approximate surface area is 118 Å². The van der Waals surface area contributed by atoms with E-state index in [-0.39, 0.29) is 5.92 Å². The first-order valence-corrected chi connectivity index (χ1v) is 6.63. The van der Waals surface area contributed by atoms with Crippen molar-refractivity contribution in [1.82, 2.24) is 9.97 Å². The van der Waals surface area contributed by atoms with Crippen LogP contribution >= 0.6 is 0 Å². The van der Waals surface area contributed by atoms with E-state index < -0.39 is 11.4 Å². The number of fused-ring (bicyclic) bond motifs is 1. The van der Waals surface area contributed by atoms with E-state index in [1.165, 1.54) is 0 Å². The molecule has 0 aliphatic rings. The Balaban J connectivity index is 2.36. The van der Waals surface area contributed by atoms with Crippen molar-refractivity contribution in [2.24, 2.45) is 11.3 Å². The van der Waals surface area contributed by atoms with Crippen LogP contribution in [-0.2, 0) is 11.2 Å². The molecule has 0 radical (unpaired) electrons. The number of H-pyrrole nitrogens is 1. The van der Waals surface area contributed by atoms with Gasteiger partial charge in [0, 0.05) is 12.5 Å². The maximum atomic E-state index is 11.5. The SMILES string of the molecule is COc1ccc2nc(CC(C)(C(=O)O)C(C)C)[nH]c2c1. The van der Waals surface area contributed by atoms with Gasteiger partial charge < -0.3 is 14.8 Å². The van der Waals surface area contributed by atoms with Crippen LogP contribution in [0.25, 0.3) is 11.0 Å². The van der Waals surface area contributed by atoms with E-state index in [0.717, 1.165) is 16.8 Å². The Bertz CT molecular complexity index is 633. The fraction of sp³-hybridized carbons (Fsp3) is 0.467. The summed E-state index contributed by atoms with van der Waals surface area (Å²) in [6, 6.07) is 5.56. The van der Waals surface area contributed by atoms with Crippen LogP contribution in [0.5, 0.6) is 5.75 Å². The van der Waals surface area contributed by atoms with Gasteiger partial charge in [-0.25, -0.2) is 4.98 Å². The summed E-state index contributed by atoms with van der Waals surface area (Å²) in [7, 11) is 1.61. The molecule has 0 aliphatic heterocycles. The Morgan fingerprint density at radius 3 is 2.75 bits per heavy atom. The minimum Gasteiger partial charge on any atom is -0.497 e. The first kappa shape index (κ1) is 14.4. The van der Waals surface area contributed by atoms with Crippen molar-refractivity contribution in [2.45, 2.75) is 27.2 Å². The standard InChI is InChI=1S/C15H20N2O3/c1-9(2)15(3,14(18)19)8-13-16-11-6-5-10(20-4)7-12(11)17-13/h5-7,9H,8H2,1-4H3,(H,16,17)(H,18,19). The lowest BCUT2D eigenvalue weighted by molar-refractivity contribution is -0.150. The van der Waals surface area contributed by atoms with Gasteiger partial charge in [-0.1, -0.05) is 13.8 Å². The summed E-state index contributed by atoms with van der Waals surface area (Å²) in [5.41, 5.74) is 0.839. The zero-order chi connectivity index (χ0) is 14.9. The number of aliphatic carboxylic acids is 1. The van der Waals surface area contributed by atoms with Gasteiger partial charge in [0.2, 0.25) is 0 Å². The molecule has 20 heavy (non-hydrogen) atoms. The van der Waals surface area contributed by atoms with Crippen LogP contribution in [0.15, 0.2) is 18.2 Å². The first-order valence-electron chi connectivity index (χ1n) is 6.63. The fourth-order valence-electron chi connectivity index (χ4n) is 2.13. The summed E-state index contributed by atoms with van der Waals surface area (Å²) in [6.45, 7) is 5.59. The predicted octanol–water partition coefficient (Wildman–Crippen LogP) is 2.86. The molecule has 2 aromatic rings. The van der Waals surface area contributed by atoms with Gasteiger partial charge in [0.15, 0.2) is 0 Å². The van der Waals surface area contributed by atoms with E-state index in [9.17, 15) is 9.90 Å². The molecule has 1 aromatic heterocycles. The number of methoxy groups -OCH3 is 1. The molecule has 0 saturated heterocycles. The van der Waals surface area contributed by atoms with Gasteiger partial charge in [-0.15, -0.1) is 0 Å². The van der Waals surface area contributed by atoms with Crippen LogP contribution in [0.3, 0.4) is 0 Å². The molecule has 0 saturated carbocycles. The number of imidazole rings is 1. The number of nitrogens with zero attached hydrogens (tertiary/aromatic N) is 1. The number of hydrogen-bond donors (Lipinski definition) is 2. The molecule has 2 N–H and O–H groups in total. The number of benzene rings is 1. The third kappa shape index (κ3) is 2.48. The molecule has 0 bridgehead atoms. The van der Waals surface area contributed by atoms with Crippen LogP contribution < -0.4 is 4.74 Å². The van der Waals surface area contributed by atoms with Gasteiger partial charge in [-0.2, -0.15) is 0 Å². The number of nitrogens with one attached hydrogen (secondary N) is 1. The smallest absolute Gasteiger partial charge is 0.310 e. The van der Waals surface area contributed by atoms with Crippen molar-refractivity contribution in [3.05, 3.63) is 24.0 Å². The fourth-order valence-corrected chi connectivity index (χ4v) is 2.13. The number of carbonyl (C=O) groups is 1. The summed E-state index contributed by atoms with van der Waals surface area (Å²) in [6.07, 6.45) is 0.372. The van der Waals surface area contributed by atoms with E-state index in [2.05, 4.69) is 9.97 Å². The van der Waals surface area contributed by atoms with Crippen LogP contribution in [-0.4, -0.2) is 28.2 Å². The average Bonchev–Trinajstić information content (AvgIpc) is 2.78. The summed E-state index contributed by atoms with van der Waals surface area (Å²) in [5.74, 6) is 0.651. The van der Waals surface area contributed by atoms with E-state index in [4.69, 9.17) is 4.74 Å². The maximum absolute atomic E-state index is 11.5. The molecule has 0 spiro atoms. The summed E-state index contributed by atoms with van der Waals surface area (Å²) < 4.78 is 5.17. The van der Waals surface area contributed by atoms with Crippen molar-refractivity contribution in [3.63, 3.8) is 0 Å². The first-order chi connectivity index (χ1) is 9.36. The van der Waals surface area contributed by atoms with Crippen molar-refractivity contribution < 1.29 is 14.6 Å². The molecule has 0 amide bonds. The van der Waals surface area contributed by atoms with E-state index in [1.807, 2.05) is 32.0 Å². The van der Waals surface area contributed by atoms with Gasteiger partial charge in [0.05, 0.1) is 23.6 Å². The van der Waals surface area contributed by atoms with Gasteiger partial charge >= 0.3 is 5.97 Å². The van der Waals surface area contributed by atoms with Crippen molar-refractivity contribution >= 4 is 17.0 Å². The van der Waals surface area contributed by atoms with Gasteiger partial charge in [-0.05, 0) is 25.0 Å². The lowest BCUT2D eigenvalue weighted by atomic mass is 9.76. The zero-order valence-electron chi connectivity index (χ0n) is 12.2. The number of rotatable bonds is 5. The highest BCUT2D eigenvalue weighted by molar-refractivity contribution is 5.78. The van der Waals surface area contributed by atoms with Crippen molar-refractivity contribution in [1.29, 1.82) is 0 Å². The highest BCUT2D eigenvalue weighted by atomic mass is 16.5. The van der Waals surface area contributed by atoms with Crippen LogP contribution in [0, 0.1) is 11.3 Å². The summed E-state index contributed by atoms with van der Waals surface area (Å²) >= 11 is 0. The van der Waals surface area contributed by atoms with Crippen LogP contribution in [0.2, 0.25) is 0 Å². The minimum atomic E-state index is -0.835. The second-order valence-corrected chi connectivity index (χ2v) is 5.62. The third-order valence-corrected chi connectivity index (χ3v) is 4.04. The largest absolute Gasteiger partial charge is 0.497 e. The van der Waals surface area contributed by atoms with Gasteiger partial charge in [0.1, 0.15) is 11.6 Å². The number of hydrogen-bond acceptors (Lipinski definition) is 3.